The fourth-order valence-electron chi connectivity index (χ4n) is 1.62. The first-order chi connectivity index (χ1) is 9.97. The summed E-state index contributed by atoms with van der Waals surface area (Å²) in [4.78, 5) is 25.7. The first-order valence-corrected chi connectivity index (χ1v) is 7.15. The summed E-state index contributed by atoms with van der Waals surface area (Å²) in [6, 6.07) is 0.265. The van der Waals surface area contributed by atoms with Gasteiger partial charge in [-0.15, -0.1) is 0 Å². The molecule has 1 rings (SSSR count). The molecule has 118 valence electrons. The van der Waals surface area contributed by atoms with Crippen molar-refractivity contribution in [3.8, 4) is 6.01 Å². The topological polar surface area (TPSA) is 106 Å². The maximum atomic E-state index is 11.2. The van der Waals surface area contributed by atoms with Gasteiger partial charge in [0.2, 0.25) is 17.8 Å². The lowest BCUT2D eigenvalue weighted by molar-refractivity contribution is -0.116. The van der Waals surface area contributed by atoms with Crippen molar-refractivity contribution in [1.29, 1.82) is 0 Å². The van der Waals surface area contributed by atoms with Gasteiger partial charge in [-0.2, -0.15) is 15.0 Å². The molecule has 8 nitrogen and oxygen atoms in total. The van der Waals surface area contributed by atoms with Gasteiger partial charge in [0.05, 0.1) is 13.2 Å². The molecule has 0 aliphatic rings. The number of amides is 1. The minimum atomic E-state index is -0.440. The molecule has 0 unspecified atom stereocenters. The van der Waals surface area contributed by atoms with Crippen LogP contribution in [0.4, 0.5) is 11.9 Å². The van der Waals surface area contributed by atoms with Crippen molar-refractivity contribution in [1.82, 2.24) is 15.0 Å². The lowest BCUT2D eigenvalue weighted by atomic mass is 10.3. The number of primary amides is 1. The molecule has 8 heteroatoms. The maximum Gasteiger partial charge on any atom is 0.323 e. The number of hydrogen-bond acceptors (Lipinski definition) is 7. The monoisotopic (exact) mass is 296 g/mol. The second-order valence-corrected chi connectivity index (χ2v) is 4.81. The Morgan fingerprint density at radius 3 is 2.57 bits per heavy atom. The van der Waals surface area contributed by atoms with Gasteiger partial charge in [0.25, 0.3) is 0 Å². The third kappa shape index (κ3) is 5.41. The number of nitrogens with one attached hydrogen (secondary N) is 1. The first-order valence-electron chi connectivity index (χ1n) is 7.15. The zero-order valence-electron chi connectivity index (χ0n) is 13.1. The number of nitrogens with zero attached hydrogens (tertiary/aromatic N) is 4. The number of ether oxygens (including phenoxy) is 1. The van der Waals surface area contributed by atoms with Crippen LogP contribution in [0.2, 0.25) is 0 Å². The summed E-state index contributed by atoms with van der Waals surface area (Å²) in [5, 5.41) is 3.03. The molecular formula is C13H24N6O2. The molecule has 1 amide bonds. The van der Waals surface area contributed by atoms with E-state index in [4.69, 9.17) is 10.5 Å². The van der Waals surface area contributed by atoms with Gasteiger partial charge in [-0.25, -0.2) is 0 Å². The standard InChI is InChI=1S/C13H24N6O2/c1-5-7-21-13-17-11(15-6-2)16-12(18-13)19(9(3)4)8-10(14)20/h9H,5-8H2,1-4H3,(H2,14,20)(H,15,16,17,18). The highest BCUT2D eigenvalue weighted by Gasteiger charge is 2.18. The van der Waals surface area contributed by atoms with Gasteiger partial charge in [0, 0.05) is 12.6 Å². The molecule has 1 heterocycles. The Morgan fingerprint density at radius 1 is 1.33 bits per heavy atom. The lowest BCUT2D eigenvalue weighted by Crippen LogP contribution is -2.39. The predicted molar refractivity (Wildman–Crippen MR) is 81.5 cm³/mol. The summed E-state index contributed by atoms with van der Waals surface area (Å²) in [5.41, 5.74) is 5.28. The molecule has 3 N–H and O–H groups in total. The number of aromatic nitrogens is 3. The molecule has 0 atom stereocenters. The van der Waals surface area contributed by atoms with Gasteiger partial charge in [0.15, 0.2) is 0 Å². The van der Waals surface area contributed by atoms with E-state index in [0.29, 0.717) is 25.0 Å². The average Bonchev–Trinajstić information content (AvgIpc) is 2.42. The van der Waals surface area contributed by atoms with Gasteiger partial charge < -0.3 is 20.7 Å². The van der Waals surface area contributed by atoms with E-state index < -0.39 is 5.91 Å². The molecule has 0 bridgehead atoms. The summed E-state index contributed by atoms with van der Waals surface area (Å²) >= 11 is 0. The van der Waals surface area contributed by atoms with Gasteiger partial charge in [0.1, 0.15) is 0 Å². The van der Waals surface area contributed by atoms with Crippen LogP contribution >= 0.6 is 0 Å². The molecule has 0 spiro atoms. The predicted octanol–water partition coefficient (Wildman–Crippen LogP) is 0.792. The molecule has 0 radical (unpaired) electrons. The Labute approximate surface area is 125 Å². The van der Waals surface area contributed by atoms with E-state index in [1.165, 1.54) is 0 Å². The summed E-state index contributed by atoms with van der Waals surface area (Å²) < 4.78 is 5.47. The summed E-state index contributed by atoms with van der Waals surface area (Å²) in [7, 11) is 0. The van der Waals surface area contributed by atoms with Crippen LogP contribution in [0.25, 0.3) is 0 Å². The Hall–Kier alpha value is -2.12. The van der Waals surface area contributed by atoms with E-state index in [2.05, 4.69) is 20.3 Å². The molecule has 1 aromatic rings. The zero-order chi connectivity index (χ0) is 15.8. The van der Waals surface area contributed by atoms with Crippen molar-refractivity contribution in [2.75, 3.05) is 29.9 Å². The summed E-state index contributed by atoms with van der Waals surface area (Å²) in [6.45, 7) is 9.06. The van der Waals surface area contributed by atoms with Gasteiger partial charge in [-0.1, -0.05) is 6.92 Å². The van der Waals surface area contributed by atoms with Crippen LogP contribution in [0.15, 0.2) is 0 Å². The van der Waals surface area contributed by atoms with Crippen LogP contribution in [0.3, 0.4) is 0 Å². The van der Waals surface area contributed by atoms with E-state index in [1.807, 2.05) is 27.7 Å². The molecular weight excluding hydrogens is 272 g/mol. The highest BCUT2D eigenvalue weighted by atomic mass is 16.5. The van der Waals surface area contributed by atoms with Gasteiger partial charge >= 0.3 is 6.01 Å². The third-order valence-corrected chi connectivity index (χ3v) is 2.58. The third-order valence-electron chi connectivity index (χ3n) is 2.58. The summed E-state index contributed by atoms with van der Waals surface area (Å²) in [5.74, 6) is 0.356. The number of carbonyl (C=O) groups excluding carboxylic acids is 1. The van der Waals surface area contributed by atoms with E-state index in [1.54, 1.807) is 4.90 Å². The molecule has 0 saturated carbocycles. The van der Waals surface area contributed by atoms with Gasteiger partial charge in [-0.05, 0) is 27.2 Å². The SMILES string of the molecule is CCCOc1nc(NCC)nc(N(CC(N)=O)C(C)C)n1. The first kappa shape index (κ1) is 16.9. The minimum Gasteiger partial charge on any atom is -0.463 e. The summed E-state index contributed by atoms with van der Waals surface area (Å²) in [6.07, 6.45) is 0.854. The molecule has 1 aromatic heterocycles. The van der Waals surface area contributed by atoms with Crippen molar-refractivity contribution < 1.29 is 9.53 Å². The van der Waals surface area contributed by atoms with Crippen LogP contribution in [0.1, 0.15) is 34.1 Å². The Kier molecular flexibility index (Phi) is 6.64. The molecule has 21 heavy (non-hydrogen) atoms. The fourth-order valence-corrected chi connectivity index (χ4v) is 1.62. The highest BCUT2D eigenvalue weighted by molar-refractivity contribution is 5.79. The van der Waals surface area contributed by atoms with Crippen molar-refractivity contribution in [2.24, 2.45) is 5.73 Å². The van der Waals surface area contributed by atoms with Crippen LogP contribution in [-0.2, 0) is 4.79 Å². The second-order valence-electron chi connectivity index (χ2n) is 4.81. The van der Waals surface area contributed by atoms with Crippen molar-refractivity contribution in [3.05, 3.63) is 0 Å². The molecule has 0 aliphatic carbocycles. The number of nitrogens with two attached hydrogens (primary N) is 1. The quantitative estimate of drug-likeness (QED) is 0.694. The smallest absolute Gasteiger partial charge is 0.323 e. The lowest BCUT2D eigenvalue weighted by Gasteiger charge is -2.25. The van der Waals surface area contributed by atoms with Crippen molar-refractivity contribution >= 4 is 17.8 Å². The number of hydrogen-bond donors (Lipinski definition) is 2. The fraction of sp³-hybridized carbons (Fsp3) is 0.692. The average molecular weight is 296 g/mol. The maximum absolute atomic E-state index is 11.2. The largest absolute Gasteiger partial charge is 0.463 e. The van der Waals surface area contributed by atoms with Crippen molar-refractivity contribution in [2.45, 2.75) is 40.2 Å². The van der Waals surface area contributed by atoms with E-state index in [9.17, 15) is 4.79 Å². The normalized spacial score (nSPS) is 10.5. The number of carbonyl (C=O) groups is 1. The highest BCUT2D eigenvalue weighted by Crippen LogP contribution is 2.17. The molecule has 0 aromatic carbocycles. The van der Waals surface area contributed by atoms with Crippen LogP contribution in [0, 0.1) is 0 Å². The van der Waals surface area contributed by atoms with Crippen LogP contribution < -0.4 is 20.7 Å². The zero-order valence-corrected chi connectivity index (χ0v) is 13.1. The Bertz CT molecular complexity index is 466. The van der Waals surface area contributed by atoms with Crippen LogP contribution in [0.5, 0.6) is 6.01 Å². The second kappa shape index (κ2) is 8.23. The van der Waals surface area contributed by atoms with E-state index in [-0.39, 0.29) is 18.6 Å². The van der Waals surface area contributed by atoms with E-state index >= 15 is 0 Å². The van der Waals surface area contributed by atoms with Crippen molar-refractivity contribution in [3.63, 3.8) is 0 Å². The Balaban J connectivity index is 3.11. The molecule has 0 saturated heterocycles. The van der Waals surface area contributed by atoms with Crippen LogP contribution in [-0.4, -0.2) is 46.6 Å². The Morgan fingerprint density at radius 2 is 2.05 bits per heavy atom. The minimum absolute atomic E-state index is 0.0217. The van der Waals surface area contributed by atoms with Gasteiger partial charge in [-0.3, -0.25) is 4.79 Å². The molecule has 0 fully saturated rings. The number of anilines is 2. The molecule has 0 aliphatic heterocycles. The van der Waals surface area contributed by atoms with E-state index in [0.717, 1.165) is 6.42 Å². The number of rotatable bonds is 9.